The van der Waals surface area contributed by atoms with E-state index >= 15 is 0 Å². The Hall–Kier alpha value is -2.80. The number of aromatic nitrogens is 2. The highest BCUT2D eigenvalue weighted by Crippen LogP contribution is 2.40. The van der Waals surface area contributed by atoms with Gasteiger partial charge in [0, 0.05) is 69.2 Å². The van der Waals surface area contributed by atoms with Crippen molar-refractivity contribution in [3.05, 3.63) is 46.3 Å². The summed E-state index contributed by atoms with van der Waals surface area (Å²) >= 11 is 0. The molecule has 1 aromatic carbocycles. The van der Waals surface area contributed by atoms with E-state index in [1.807, 2.05) is 17.0 Å². The summed E-state index contributed by atoms with van der Waals surface area (Å²) in [5.74, 6) is 1.18. The number of hydrogen-bond donors (Lipinski definition) is 1. The van der Waals surface area contributed by atoms with Gasteiger partial charge >= 0.3 is 0 Å². The number of carbonyl (C=O) groups is 1. The molecule has 1 amide bonds. The highest BCUT2D eigenvalue weighted by atomic mass is 16.2. The fraction of sp³-hybridized carbons (Fsp3) is 0.520. The number of amides is 1. The molecule has 0 saturated carbocycles. The number of hydrogen-bond acceptors (Lipinski definition) is 5. The Kier molecular flexibility index (Phi) is 5.24. The standard InChI is InChI=1S/C25H34N6O/c1-16(2)31-23-8-10-29(18(4)32)15-22(23)25(27-31)30-9-6-7-19-12-21(17(3)11-24(19)30)20-13-26-28(5)14-20/h11-12,14,16,26H,6-10,13,15H2,1-5H3. The van der Waals surface area contributed by atoms with Crippen molar-refractivity contribution in [1.29, 1.82) is 0 Å². The van der Waals surface area contributed by atoms with Gasteiger partial charge in [0.05, 0.1) is 6.54 Å². The molecule has 0 saturated heterocycles. The molecule has 1 N–H and O–H groups in total. The lowest BCUT2D eigenvalue weighted by atomic mass is 9.92. The summed E-state index contributed by atoms with van der Waals surface area (Å²) in [6.45, 7) is 11.5. The van der Waals surface area contributed by atoms with E-state index in [1.165, 1.54) is 39.2 Å². The van der Waals surface area contributed by atoms with Gasteiger partial charge in [0.2, 0.25) is 5.91 Å². The minimum absolute atomic E-state index is 0.141. The molecule has 5 rings (SSSR count). The van der Waals surface area contributed by atoms with Crippen LogP contribution in [0.2, 0.25) is 0 Å². The van der Waals surface area contributed by atoms with Crippen LogP contribution in [-0.2, 0) is 24.2 Å². The van der Waals surface area contributed by atoms with Gasteiger partial charge in [0.15, 0.2) is 5.82 Å². The summed E-state index contributed by atoms with van der Waals surface area (Å²) in [4.78, 5) is 16.5. The van der Waals surface area contributed by atoms with E-state index < -0.39 is 0 Å². The van der Waals surface area contributed by atoms with Crippen LogP contribution in [0.25, 0.3) is 5.57 Å². The van der Waals surface area contributed by atoms with Gasteiger partial charge in [-0.1, -0.05) is 0 Å². The van der Waals surface area contributed by atoms with Crippen LogP contribution in [0.1, 0.15) is 61.2 Å². The number of fused-ring (bicyclic) bond motifs is 2. The van der Waals surface area contributed by atoms with Crippen molar-refractivity contribution in [3.8, 4) is 0 Å². The first-order valence-corrected chi connectivity index (χ1v) is 11.8. The second-order valence-electron chi connectivity index (χ2n) is 9.63. The number of anilines is 2. The lowest BCUT2D eigenvalue weighted by molar-refractivity contribution is -0.129. The summed E-state index contributed by atoms with van der Waals surface area (Å²) in [6.07, 6.45) is 5.24. The van der Waals surface area contributed by atoms with Gasteiger partial charge < -0.3 is 14.8 Å². The summed E-state index contributed by atoms with van der Waals surface area (Å²) in [5.41, 5.74) is 12.5. The Morgan fingerprint density at radius 1 is 1.19 bits per heavy atom. The third-order valence-electron chi connectivity index (χ3n) is 7.01. The van der Waals surface area contributed by atoms with Gasteiger partial charge in [-0.3, -0.25) is 9.48 Å². The quantitative estimate of drug-likeness (QED) is 0.801. The Bertz CT molecular complexity index is 1100. The maximum atomic E-state index is 12.1. The molecule has 0 radical (unpaired) electrons. The van der Waals surface area contributed by atoms with Crippen LogP contribution in [0.3, 0.4) is 0 Å². The van der Waals surface area contributed by atoms with Gasteiger partial charge in [-0.15, -0.1) is 0 Å². The van der Waals surface area contributed by atoms with Crippen molar-refractivity contribution >= 4 is 23.0 Å². The Morgan fingerprint density at radius 3 is 2.69 bits per heavy atom. The minimum atomic E-state index is 0.141. The SMILES string of the molecule is CC(=O)N1CCc2c(c(N3CCCc4cc(C5=CN(C)NC5)c(C)cc43)nn2C(C)C)C1. The first-order valence-electron chi connectivity index (χ1n) is 11.8. The second-order valence-corrected chi connectivity index (χ2v) is 9.63. The average molecular weight is 435 g/mol. The van der Waals surface area contributed by atoms with Crippen LogP contribution in [0.4, 0.5) is 11.5 Å². The number of aryl methyl sites for hydroxylation is 2. The molecule has 0 spiro atoms. The Morgan fingerprint density at radius 2 is 2.00 bits per heavy atom. The van der Waals surface area contributed by atoms with Gasteiger partial charge in [0.25, 0.3) is 0 Å². The summed E-state index contributed by atoms with van der Waals surface area (Å²) in [6, 6.07) is 5.03. The summed E-state index contributed by atoms with van der Waals surface area (Å²) in [5, 5.41) is 7.16. The maximum absolute atomic E-state index is 12.1. The van der Waals surface area contributed by atoms with Gasteiger partial charge in [-0.25, -0.2) is 5.43 Å². The van der Waals surface area contributed by atoms with Gasteiger partial charge in [-0.2, -0.15) is 5.10 Å². The van der Waals surface area contributed by atoms with Crippen molar-refractivity contribution in [2.24, 2.45) is 0 Å². The fourth-order valence-corrected chi connectivity index (χ4v) is 5.34. The van der Waals surface area contributed by atoms with Crippen LogP contribution in [0, 0.1) is 6.92 Å². The normalized spacial score (nSPS) is 18.2. The van der Waals surface area contributed by atoms with Crippen molar-refractivity contribution < 1.29 is 4.79 Å². The topological polar surface area (TPSA) is 56.6 Å². The molecule has 0 aliphatic carbocycles. The molecule has 170 valence electrons. The average Bonchev–Trinajstić information content (AvgIpc) is 3.36. The number of nitrogens with one attached hydrogen (secondary N) is 1. The number of benzene rings is 1. The third kappa shape index (κ3) is 3.48. The predicted octanol–water partition coefficient (Wildman–Crippen LogP) is 3.55. The van der Waals surface area contributed by atoms with E-state index in [2.05, 4.69) is 54.1 Å². The lowest BCUT2D eigenvalue weighted by Gasteiger charge is -2.33. The Labute approximate surface area is 190 Å². The smallest absolute Gasteiger partial charge is 0.219 e. The molecule has 0 fully saturated rings. The zero-order chi connectivity index (χ0) is 22.6. The van der Waals surface area contributed by atoms with Gasteiger partial charge in [0.1, 0.15) is 0 Å². The Balaban J connectivity index is 1.58. The molecule has 7 nitrogen and oxygen atoms in total. The number of rotatable bonds is 3. The monoisotopic (exact) mass is 434 g/mol. The van der Waals surface area contributed by atoms with E-state index in [0.29, 0.717) is 12.6 Å². The highest BCUT2D eigenvalue weighted by molar-refractivity contribution is 5.78. The van der Waals surface area contributed by atoms with E-state index in [-0.39, 0.29) is 5.91 Å². The number of hydrazine groups is 1. The molecule has 1 aromatic heterocycles. The van der Waals surface area contributed by atoms with Crippen molar-refractivity contribution in [3.63, 3.8) is 0 Å². The number of nitrogens with zero attached hydrogens (tertiary/aromatic N) is 5. The van der Waals surface area contributed by atoms with Crippen LogP contribution < -0.4 is 10.3 Å². The molecule has 32 heavy (non-hydrogen) atoms. The zero-order valence-electron chi connectivity index (χ0n) is 19.9. The molecule has 2 aromatic rings. The van der Waals surface area contributed by atoms with E-state index in [0.717, 1.165) is 44.7 Å². The molecule has 0 atom stereocenters. The molecular formula is C25H34N6O. The first-order chi connectivity index (χ1) is 15.3. The molecular weight excluding hydrogens is 400 g/mol. The first kappa shape index (κ1) is 21.1. The molecule has 0 bridgehead atoms. The van der Waals surface area contributed by atoms with Crippen LogP contribution in [0.15, 0.2) is 18.3 Å². The third-order valence-corrected chi connectivity index (χ3v) is 7.01. The summed E-state index contributed by atoms with van der Waals surface area (Å²) < 4.78 is 2.18. The van der Waals surface area contributed by atoms with Crippen LogP contribution >= 0.6 is 0 Å². The molecule has 4 heterocycles. The van der Waals surface area contributed by atoms with Gasteiger partial charge in [-0.05, 0) is 68.0 Å². The summed E-state index contributed by atoms with van der Waals surface area (Å²) in [7, 11) is 2.04. The fourth-order valence-electron chi connectivity index (χ4n) is 5.34. The highest BCUT2D eigenvalue weighted by Gasteiger charge is 2.32. The zero-order valence-corrected chi connectivity index (χ0v) is 19.9. The largest absolute Gasteiger partial charge is 0.338 e. The van der Waals surface area contributed by atoms with E-state index in [9.17, 15) is 4.79 Å². The lowest BCUT2D eigenvalue weighted by Crippen LogP contribution is -2.35. The predicted molar refractivity (Wildman–Crippen MR) is 128 cm³/mol. The van der Waals surface area contributed by atoms with Crippen LogP contribution in [-0.4, -0.2) is 52.3 Å². The van der Waals surface area contributed by atoms with Crippen molar-refractivity contribution in [2.75, 3.05) is 31.6 Å². The van der Waals surface area contributed by atoms with E-state index in [4.69, 9.17) is 5.10 Å². The molecule has 7 heteroatoms. The number of carbonyl (C=O) groups excluding carboxylic acids is 1. The van der Waals surface area contributed by atoms with Crippen molar-refractivity contribution in [2.45, 2.75) is 59.5 Å². The molecule has 3 aliphatic rings. The maximum Gasteiger partial charge on any atom is 0.219 e. The van der Waals surface area contributed by atoms with E-state index in [1.54, 1.807) is 6.92 Å². The molecule has 3 aliphatic heterocycles. The second kappa shape index (κ2) is 7.96. The minimum Gasteiger partial charge on any atom is -0.338 e. The van der Waals surface area contributed by atoms with Crippen molar-refractivity contribution in [1.82, 2.24) is 25.1 Å². The molecule has 0 unspecified atom stereocenters. The van der Waals surface area contributed by atoms with Crippen LogP contribution in [0.5, 0.6) is 0 Å².